The molecule has 1 heterocycles. The molecule has 0 aliphatic carbocycles. The molecule has 0 saturated heterocycles. The van der Waals surface area contributed by atoms with Gasteiger partial charge in [0.1, 0.15) is 18.1 Å². The molecule has 9 N–H and O–H groups in total. The molecule has 0 aliphatic heterocycles. The van der Waals surface area contributed by atoms with Crippen LogP contribution in [-0.2, 0) is 32.0 Å². The molecule has 0 bridgehead atoms. The fourth-order valence-electron chi connectivity index (χ4n) is 3.89. The number of carbonyl (C=O) groups excluding carboxylic acids is 3. The molecule has 1 aromatic heterocycles. The smallest absolute Gasteiger partial charge is 0.328 e. The minimum Gasteiger partial charge on any atom is -0.480 e. The van der Waals surface area contributed by atoms with Crippen LogP contribution in [0, 0.1) is 0 Å². The molecule has 2 aromatic carbocycles. The van der Waals surface area contributed by atoms with E-state index in [0.29, 0.717) is 0 Å². The van der Waals surface area contributed by atoms with Crippen molar-refractivity contribution in [1.29, 1.82) is 0 Å². The fourth-order valence-corrected chi connectivity index (χ4v) is 3.89. The molecule has 12 nitrogen and oxygen atoms in total. The number of aliphatic carboxylic acids is 1. The number of fused-ring (bicyclic) bond motifs is 1. The van der Waals surface area contributed by atoms with Crippen LogP contribution in [-0.4, -0.2) is 81.4 Å². The Bertz CT molecular complexity index is 1260. The summed E-state index contributed by atoms with van der Waals surface area (Å²) in [5.74, 6) is -3.88. The van der Waals surface area contributed by atoms with Gasteiger partial charge in [0.05, 0.1) is 19.3 Å². The summed E-state index contributed by atoms with van der Waals surface area (Å²) in [4.78, 5) is 52.8. The van der Waals surface area contributed by atoms with E-state index in [1.54, 1.807) is 36.5 Å². The van der Waals surface area contributed by atoms with Crippen molar-refractivity contribution in [2.45, 2.75) is 37.0 Å². The normalized spacial score (nSPS) is 14.2. The van der Waals surface area contributed by atoms with E-state index in [2.05, 4.69) is 15.6 Å². The molecule has 3 amide bonds. The second-order valence-corrected chi connectivity index (χ2v) is 8.75. The van der Waals surface area contributed by atoms with Crippen LogP contribution in [0.1, 0.15) is 11.1 Å². The number of nitrogens with two attached hydrogens (primary N) is 1. The van der Waals surface area contributed by atoms with Gasteiger partial charge >= 0.3 is 5.97 Å². The number of carbonyl (C=O) groups is 4. The summed E-state index contributed by atoms with van der Waals surface area (Å²) in [5.41, 5.74) is 8.62. The van der Waals surface area contributed by atoms with Crippen LogP contribution in [0.3, 0.4) is 0 Å². The Hall–Kier alpha value is -4.26. The molecule has 0 spiro atoms. The third-order valence-electron chi connectivity index (χ3n) is 5.98. The van der Waals surface area contributed by atoms with Gasteiger partial charge in [-0.15, -0.1) is 0 Å². The molecule has 3 aromatic rings. The Balaban J connectivity index is 1.72. The topological polar surface area (TPSA) is 207 Å². The van der Waals surface area contributed by atoms with Crippen LogP contribution in [0.4, 0.5) is 0 Å². The Kier molecular flexibility index (Phi) is 9.93. The van der Waals surface area contributed by atoms with Gasteiger partial charge in [-0.2, -0.15) is 0 Å². The van der Waals surface area contributed by atoms with E-state index in [4.69, 9.17) is 15.9 Å². The molecule has 4 unspecified atom stereocenters. The summed E-state index contributed by atoms with van der Waals surface area (Å²) in [6.45, 7) is -1.73. The van der Waals surface area contributed by atoms with E-state index in [9.17, 15) is 24.3 Å². The first kappa shape index (κ1) is 28.3. The van der Waals surface area contributed by atoms with Gasteiger partial charge in [0.2, 0.25) is 17.7 Å². The summed E-state index contributed by atoms with van der Waals surface area (Å²) in [6.07, 6.45) is 2.04. The molecule has 0 aliphatic rings. The monoisotopic (exact) mass is 525 g/mol. The number of amides is 3. The Morgan fingerprint density at radius 1 is 0.763 bits per heavy atom. The van der Waals surface area contributed by atoms with Crippen molar-refractivity contribution in [2.75, 3.05) is 13.2 Å². The van der Waals surface area contributed by atoms with E-state index in [1.165, 1.54) is 0 Å². The zero-order valence-corrected chi connectivity index (χ0v) is 20.5. The van der Waals surface area contributed by atoms with Gasteiger partial charge in [0, 0.05) is 23.5 Å². The maximum atomic E-state index is 13.1. The average molecular weight is 526 g/mol. The summed E-state index contributed by atoms with van der Waals surface area (Å²) in [5, 5.41) is 35.7. The molecule has 12 heteroatoms. The van der Waals surface area contributed by atoms with Crippen molar-refractivity contribution < 1.29 is 34.5 Å². The van der Waals surface area contributed by atoms with Gasteiger partial charge in [-0.25, -0.2) is 4.79 Å². The lowest BCUT2D eigenvalue weighted by molar-refractivity contribution is -0.143. The number of aliphatic hydroxyl groups is 2. The second-order valence-electron chi connectivity index (χ2n) is 8.75. The standard InChI is InChI=1S/C26H31N5O7/c27-18(11-16-12-28-19-9-5-4-8-17(16)19)23(34)29-20(10-15-6-2-1-3-7-15)24(35)30-21(13-32)25(36)31-22(14-33)26(37)38/h1-9,12,18,20-22,28,32-33H,10-11,13-14,27H2,(H,29,34)(H,30,35)(H,31,36)(H,37,38). The highest BCUT2D eigenvalue weighted by Crippen LogP contribution is 2.19. The van der Waals surface area contributed by atoms with Crippen LogP contribution >= 0.6 is 0 Å². The highest BCUT2D eigenvalue weighted by Gasteiger charge is 2.30. The van der Waals surface area contributed by atoms with Gasteiger partial charge in [-0.3, -0.25) is 14.4 Å². The van der Waals surface area contributed by atoms with Gasteiger partial charge in [-0.1, -0.05) is 48.5 Å². The number of carboxylic acids is 1. The number of rotatable bonds is 13. The van der Waals surface area contributed by atoms with E-state index in [-0.39, 0.29) is 12.8 Å². The lowest BCUT2D eigenvalue weighted by Crippen LogP contribution is -2.59. The first-order valence-corrected chi connectivity index (χ1v) is 11.9. The van der Waals surface area contributed by atoms with Crippen molar-refractivity contribution >= 4 is 34.6 Å². The minimum absolute atomic E-state index is 0.0619. The minimum atomic E-state index is -1.62. The predicted molar refractivity (Wildman–Crippen MR) is 138 cm³/mol. The van der Waals surface area contributed by atoms with Gasteiger partial charge in [-0.05, 0) is 23.6 Å². The zero-order chi connectivity index (χ0) is 27.7. The van der Waals surface area contributed by atoms with E-state index in [1.807, 2.05) is 29.6 Å². The van der Waals surface area contributed by atoms with Gasteiger partial charge in [0.25, 0.3) is 0 Å². The SMILES string of the molecule is NC(Cc1c[nH]c2ccccc12)C(=O)NC(Cc1ccccc1)C(=O)NC(CO)C(=O)NC(CO)C(=O)O. The van der Waals surface area contributed by atoms with Crippen LogP contribution in [0.15, 0.2) is 60.8 Å². The molecular formula is C26H31N5O7. The molecule has 38 heavy (non-hydrogen) atoms. The zero-order valence-electron chi connectivity index (χ0n) is 20.5. The summed E-state index contributed by atoms with van der Waals surface area (Å²) >= 11 is 0. The highest BCUT2D eigenvalue weighted by molar-refractivity contribution is 5.94. The molecule has 3 rings (SSSR count). The maximum Gasteiger partial charge on any atom is 0.328 e. The van der Waals surface area contributed by atoms with Crippen LogP contribution in [0.5, 0.6) is 0 Å². The van der Waals surface area contributed by atoms with E-state index in [0.717, 1.165) is 22.0 Å². The summed E-state index contributed by atoms with van der Waals surface area (Å²) in [7, 11) is 0. The van der Waals surface area contributed by atoms with Crippen LogP contribution in [0.2, 0.25) is 0 Å². The highest BCUT2D eigenvalue weighted by atomic mass is 16.4. The second kappa shape index (κ2) is 13.3. The fraction of sp³-hybridized carbons (Fsp3) is 0.308. The van der Waals surface area contributed by atoms with Crippen molar-refractivity contribution in [1.82, 2.24) is 20.9 Å². The predicted octanol–water partition coefficient (Wildman–Crippen LogP) is -1.20. The molecule has 4 atom stereocenters. The van der Waals surface area contributed by atoms with Crippen molar-refractivity contribution in [3.05, 3.63) is 71.9 Å². The van der Waals surface area contributed by atoms with Crippen molar-refractivity contribution in [2.24, 2.45) is 5.73 Å². The van der Waals surface area contributed by atoms with Crippen molar-refractivity contribution in [3.8, 4) is 0 Å². The number of para-hydroxylation sites is 1. The lowest BCUT2D eigenvalue weighted by Gasteiger charge is -2.24. The molecule has 0 fully saturated rings. The number of hydrogen-bond donors (Lipinski definition) is 8. The largest absolute Gasteiger partial charge is 0.480 e. The number of aliphatic hydroxyl groups excluding tert-OH is 2. The molecule has 0 radical (unpaired) electrons. The number of hydrogen-bond acceptors (Lipinski definition) is 7. The van der Waals surface area contributed by atoms with E-state index < -0.39 is 61.1 Å². The third-order valence-corrected chi connectivity index (χ3v) is 5.98. The summed E-state index contributed by atoms with van der Waals surface area (Å²) < 4.78 is 0. The first-order valence-electron chi connectivity index (χ1n) is 11.9. The van der Waals surface area contributed by atoms with Crippen molar-refractivity contribution in [3.63, 3.8) is 0 Å². The number of benzene rings is 2. The quantitative estimate of drug-likeness (QED) is 0.136. The first-order chi connectivity index (χ1) is 18.2. The Labute approximate surface area is 218 Å². The average Bonchev–Trinajstić information content (AvgIpc) is 3.32. The molecule has 0 saturated carbocycles. The molecule has 202 valence electrons. The maximum absolute atomic E-state index is 13.1. The van der Waals surface area contributed by atoms with Gasteiger partial charge < -0.3 is 42.0 Å². The molecular weight excluding hydrogens is 494 g/mol. The third kappa shape index (κ3) is 7.38. The number of carboxylic acid groups (broad SMARTS) is 1. The Morgan fingerprint density at radius 2 is 1.34 bits per heavy atom. The number of H-pyrrole nitrogens is 1. The van der Waals surface area contributed by atoms with E-state index >= 15 is 0 Å². The number of aromatic nitrogens is 1. The lowest BCUT2D eigenvalue weighted by atomic mass is 10.0. The number of aromatic amines is 1. The van der Waals surface area contributed by atoms with Crippen LogP contribution < -0.4 is 21.7 Å². The van der Waals surface area contributed by atoms with Gasteiger partial charge in [0.15, 0.2) is 0 Å². The van der Waals surface area contributed by atoms with Crippen LogP contribution in [0.25, 0.3) is 10.9 Å². The Morgan fingerprint density at radius 3 is 2.00 bits per heavy atom. The summed E-state index contributed by atoms with van der Waals surface area (Å²) in [6, 6.07) is 11.1. The number of nitrogens with one attached hydrogen (secondary N) is 4.